The number of nitrogens with zero attached hydrogens (tertiary/aromatic N) is 1. The molecule has 1 aliphatic heterocycles. The zero-order chi connectivity index (χ0) is 17.8. The quantitative estimate of drug-likeness (QED) is 0.932. The summed E-state index contributed by atoms with van der Waals surface area (Å²) in [6.07, 6.45) is 0. The van der Waals surface area contributed by atoms with Crippen molar-refractivity contribution in [1.29, 1.82) is 0 Å². The molecule has 3 rings (SSSR count). The first-order valence-electron chi connectivity index (χ1n) is 8.34. The fraction of sp³-hybridized carbons (Fsp3) is 0.300. The van der Waals surface area contributed by atoms with Crippen LogP contribution in [0.15, 0.2) is 48.5 Å². The van der Waals surface area contributed by atoms with Crippen LogP contribution in [0.4, 0.5) is 5.69 Å². The van der Waals surface area contributed by atoms with Crippen molar-refractivity contribution in [2.24, 2.45) is 0 Å². The number of anilines is 1. The van der Waals surface area contributed by atoms with E-state index in [1.54, 1.807) is 4.90 Å². The molecule has 1 atom stereocenters. The highest BCUT2D eigenvalue weighted by Gasteiger charge is 2.34. The Bertz CT molecular complexity index is 774. The maximum absolute atomic E-state index is 12.8. The van der Waals surface area contributed by atoms with Crippen molar-refractivity contribution in [3.8, 4) is 0 Å². The molecule has 0 aliphatic carbocycles. The Kier molecular flexibility index (Phi) is 5.14. The fourth-order valence-electron chi connectivity index (χ4n) is 2.90. The number of hydrogen-bond donors (Lipinski definition) is 1. The number of ether oxygens (including phenoxy) is 1. The van der Waals surface area contributed by atoms with Crippen LogP contribution in [0.3, 0.4) is 0 Å². The number of nitrogens with one attached hydrogen (secondary N) is 1. The Morgan fingerprint density at radius 2 is 1.92 bits per heavy atom. The van der Waals surface area contributed by atoms with E-state index in [-0.39, 0.29) is 25.0 Å². The number of aryl methyl sites for hydroxylation is 1. The normalized spacial score (nSPS) is 17.4. The van der Waals surface area contributed by atoms with Gasteiger partial charge < -0.3 is 15.0 Å². The number of morpholine rings is 1. The van der Waals surface area contributed by atoms with E-state index in [0.717, 1.165) is 22.4 Å². The first kappa shape index (κ1) is 17.2. The Morgan fingerprint density at radius 3 is 2.68 bits per heavy atom. The molecule has 2 aromatic carbocycles. The number of hydrogen-bond acceptors (Lipinski definition) is 3. The minimum absolute atomic E-state index is 0.0140. The summed E-state index contributed by atoms with van der Waals surface area (Å²) in [7, 11) is 0. The smallest absolute Gasteiger partial charge is 0.249 e. The van der Waals surface area contributed by atoms with Gasteiger partial charge in [-0.25, -0.2) is 0 Å². The predicted octanol–water partition coefficient (Wildman–Crippen LogP) is 2.67. The second kappa shape index (κ2) is 7.49. The first-order valence-corrected chi connectivity index (χ1v) is 8.34. The molecule has 2 amide bonds. The van der Waals surface area contributed by atoms with Crippen molar-refractivity contribution in [3.63, 3.8) is 0 Å². The molecule has 0 saturated carbocycles. The zero-order valence-corrected chi connectivity index (χ0v) is 14.5. The lowest BCUT2D eigenvalue weighted by atomic mass is 10.1. The molecular formula is C20H22N2O3. The maximum Gasteiger partial charge on any atom is 0.249 e. The lowest BCUT2D eigenvalue weighted by molar-refractivity contribution is -0.154. The van der Waals surface area contributed by atoms with Gasteiger partial charge in [0.25, 0.3) is 0 Å². The van der Waals surface area contributed by atoms with Gasteiger partial charge in [0.05, 0.1) is 6.61 Å². The standard InChI is InChI=1S/C20H22N2O3/c1-14-7-6-10-17(15(14)2)21-20(24)18-12-25-13-19(23)22(18)11-16-8-4-3-5-9-16/h3-10,18H,11-13H2,1-2H3,(H,21,24)/t18-/m1/s1. The van der Waals surface area contributed by atoms with Crippen molar-refractivity contribution >= 4 is 17.5 Å². The van der Waals surface area contributed by atoms with Crippen molar-refractivity contribution in [2.75, 3.05) is 18.5 Å². The van der Waals surface area contributed by atoms with Gasteiger partial charge in [0.2, 0.25) is 11.8 Å². The third-order valence-electron chi connectivity index (χ3n) is 4.56. The Morgan fingerprint density at radius 1 is 1.16 bits per heavy atom. The second-order valence-electron chi connectivity index (χ2n) is 6.27. The lowest BCUT2D eigenvalue weighted by Gasteiger charge is -2.34. The van der Waals surface area contributed by atoms with E-state index in [0.29, 0.717) is 6.54 Å². The summed E-state index contributed by atoms with van der Waals surface area (Å²) in [6.45, 7) is 4.58. The molecular weight excluding hydrogens is 316 g/mol. The van der Waals surface area contributed by atoms with Gasteiger partial charge >= 0.3 is 0 Å². The number of rotatable bonds is 4. The third-order valence-corrected chi connectivity index (χ3v) is 4.56. The van der Waals surface area contributed by atoms with E-state index in [9.17, 15) is 9.59 Å². The topological polar surface area (TPSA) is 58.6 Å². The van der Waals surface area contributed by atoms with Crippen LogP contribution in [-0.4, -0.2) is 36.0 Å². The highest BCUT2D eigenvalue weighted by Crippen LogP contribution is 2.20. The molecule has 1 fully saturated rings. The van der Waals surface area contributed by atoms with Gasteiger partial charge in [-0.15, -0.1) is 0 Å². The molecule has 0 unspecified atom stereocenters. The van der Waals surface area contributed by atoms with Gasteiger partial charge in [0.1, 0.15) is 12.6 Å². The van der Waals surface area contributed by atoms with Crippen LogP contribution in [0, 0.1) is 13.8 Å². The van der Waals surface area contributed by atoms with Gasteiger partial charge in [0.15, 0.2) is 0 Å². The number of carbonyl (C=O) groups is 2. The summed E-state index contributed by atoms with van der Waals surface area (Å²) in [5.74, 6) is -0.395. The molecule has 2 aromatic rings. The molecule has 1 saturated heterocycles. The molecule has 5 nitrogen and oxygen atoms in total. The fourth-order valence-corrected chi connectivity index (χ4v) is 2.90. The van der Waals surface area contributed by atoms with E-state index < -0.39 is 6.04 Å². The molecule has 0 spiro atoms. The van der Waals surface area contributed by atoms with Crippen molar-refractivity contribution < 1.29 is 14.3 Å². The molecule has 25 heavy (non-hydrogen) atoms. The van der Waals surface area contributed by atoms with Crippen LogP contribution in [0.1, 0.15) is 16.7 Å². The SMILES string of the molecule is Cc1cccc(NC(=O)[C@H]2COCC(=O)N2Cc2ccccc2)c1C. The third kappa shape index (κ3) is 3.88. The van der Waals surface area contributed by atoms with Crippen LogP contribution < -0.4 is 5.32 Å². The predicted molar refractivity (Wildman–Crippen MR) is 96.1 cm³/mol. The Balaban J connectivity index is 1.78. The summed E-state index contributed by atoms with van der Waals surface area (Å²) < 4.78 is 5.32. The molecule has 0 bridgehead atoms. The lowest BCUT2D eigenvalue weighted by Crippen LogP contribution is -2.54. The summed E-state index contributed by atoms with van der Waals surface area (Å²) in [5, 5.41) is 2.94. The molecule has 1 heterocycles. The summed E-state index contributed by atoms with van der Waals surface area (Å²) in [5.41, 5.74) is 3.88. The molecule has 0 aromatic heterocycles. The van der Waals surface area contributed by atoms with Crippen LogP contribution >= 0.6 is 0 Å². The summed E-state index contributed by atoms with van der Waals surface area (Å²) in [4.78, 5) is 26.7. The largest absolute Gasteiger partial charge is 0.369 e. The van der Waals surface area contributed by atoms with E-state index >= 15 is 0 Å². The van der Waals surface area contributed by atoms with Gasteiger partial charge in [-0.1, -0.05) is 42.5 Å². The molecule has 1 aliphatic rings. The Hall–Kier alpha value is -2.66. The highest BCUT2D eigenvalue weighted by atomic mass is 16.5. The molecule has 130 valence electrons. The summed E-state index contributed by atoms with van der Waals surface area (Å²) >= 11 is 0. The van der Waals surface area contributed by atoms with E-state index in [1.165, 1.54) is 0 Å². The second-order valence-corrected chi connectivity index (χ2v) is 6.27. The summed E-state index contributed by atoms with van der Waals surface area (Å²) in [6, 6.07) is 14.8. The minimum atomic E-state index is -0.638. The van der Waals surface area contributed by atoms with Crippen molar-refractivity contribution in [2.45, 2.75) is 26.4 Å². The number of benzene rings is 2. The van der Waals surface area contributed by atoms with E-state index in [2.05, 4.69) is 5.32 Å². The van der Waals surface area contributed by atoms with Crippen LogP contribution in [0.2, 0.25) is 0 Å². The van der Waals surface area contributed by atoms with E-state index in [1.807, 2.05) is 62.4 Å². The van der Waals surface area contributed by atoms with Crippen molar-refractivity contribution in [3.05, 3.63) is 65.2 Å². The Labute approximate surface area is 147 Å². The number of amides is 2. The van der Waals surface area contributed by atoms with Gasteiger partial charge in [-0.3, -0.25) is 9.59 Å². The maximum atomic E-state index is 12.8. The zero-order valence-electron chi connectivity index (χ0n) is 14.5. The average molecular weight is 338 g/mol. The molecule has 5 heteroatoms. The monoisotopic (exact) mass is 338 g/mol. The number of carbonyl (C=O) groups excluding carboxylic acids is 2. The average Bonchev–Trinajstić information content (AvgIpc) is 2.61. The van der Waals surface area contributed by atoms with Gasteiger partial charge in [-0.05, 0) is 36.6 Å². The van der Waals surface area contributed by atoms with Gasteiger partial charge in [-0.2, -0.15) is 0 Å². The van der Waals surface area contributed by atoms with Crippen LogP contribution in [-0.2, 0) is 20.9 Å². The van der Waals surface area contributed by atoms with E-state index in [4.69, 9.17) is 4.74 Å². The minimum Gasteiger partial charge on any atom is -0.369 e. The molecule has 0 radical (unpaired) electrons. The van der Waals surface area contributed by atoms with Crippen LogP contribution in [0.5, 0.6) is 0 Å². The van der Waals surface area contributed by atoms with Crippen molar-refractivity contribution in [1.82, 2.24) is 4.90 Å². The first-order chi connectivity index (χ1) is 12.1. The van der Waals surface area contributed by atoms with Gasteiger partial charge in [0, 0.05) is 12.2 Å². The highest BCUT2D eigenvalue weighted by molar-refractivity contribution is 5.98. The molecule has 1 N–H and O–H groups in total. The van der Waals surface area contributed by atoms with Crippen LogP contribution in [0.25, 0.3) is 0 Å².